The first kappa shape index (κ1) is 16.9. The summed E-state index contributed by atoms with van der Waals surface area (Å²) in [5.41, 5.74) is -1.64. The van der Waals surface area contributed by atoms with Crippen LogP contribution in [0.25, 0.3) is 0 Å². The van der Waals surface area contributed by atoms with Crippen LogP contribution in [0.5, 0.6) is 0 Å². The van der Waals surface area contributed by atoms with Gasteiger partial charge >= 0.3 is 12.1 Å². The maximum Gasteiger partial charge on any atom is 0.416 e. The van der Waals surface area contributed by atoms with Crippen molar-refractivity contribution in [2.45, 2.75) is 19.2 Å². The summed E-state index contributed by atoms with van der Waals surface area (Å²) in [6, 6.07) is 3.76. The van der Waals surface area contributed by atoms with Gasteiger partial charge < -0.3 is 9.57 Å². The van der Waals surface area contributed by atoms with Gasteiger partial charge in [0.2, 0.25) is 12.0 Å². The summed E-state index contributed by atoms with van der Waals surface area (Å²) in [6.07, 6.45) is -6.02. The number of carbonyl (C=O) groups excluding carboxylic acids is 3. The number of rotatable bonds is 3. The van der Waals surface area contributed by atoms with Gasteiger partial charge in [0.25, 0.3) is 5.91 Å². The van der Waals surface area contributed by atoms with Crippen LogP contribution >= 0.6 is 0 Å². The number of imide groups is 1. The summed E-state index contributed by atoms with van der Waals surface area (Å²) in [5.74, 6) is -4.03. The van der Waals surface area contributed by atoms with E-state index < -0.39 is 41.5 Å². The van der Waals surface area contributed by atoms with Crippen molar-refractivity contribution < 1.29 is 37.1 Å². The monoisotopic (exact) mass is 356 g/mol. The molecule has 0 saturated carbocycles. The first-order valence-electron chi connectivity index (χ1n) is 7.21. The number of nitrogens with zero attached hydrogens (tertiary/aromatic N) is 2. The van der Waals surface area contributed by atoms with Crippen molar-refractivity contribution in [2.24, 2.45) is 11.1 Å². The zero-order valence-corrected chi connectivity index (χ0v) is 12.7. The molecule has 2 aliphatic heterocycles. The molecule has 132 valence electrons. The molecule has 1 saturated heterocycles. The van der Waals surface area contributed by atoms with E-state index in [9.17, 15) is 27.6 Å². The van der Waals surface area contributed by atoms with Gasteiger partial charge in [-0.25, -0.2) is 9.69 Å². The Labute approximate surface area is 139 Å². The fraction of sp³-hybridized carbons (Fsp3) is 0.333. The number of benzene rings is 1. The van der Waals surface area contributed by atoms with Crippen LogP contribution in [0.2, 0.25) is 0 Å². The Bertz CT molecular complexity index is 790. The van der Waals surface area contributed by atoms with Crippen LogP contribution in [0, 0.1) is 5.92 Å². The highest BCUT2D eigenvalue weighted by atomic mass is 19.4. The van der Waals surface area contributed by atoms with Crippen molar-refractivity contribution in [1.82, 2.24) is 0 Å². The SMILES string of the molecule is CCOC(=O)C1=NO[C@@H]2C(=O)N(c3cccc(C(F)(F)F)c3)C(=O)[C@@H]12. The highest BCUT2D eigenvalue weighted by Gasteiger charge is 2.58. The van der Waals surface area contributed by atoms with Crippen molar-refractivity contribution in [3.63, 3.8) is 0 Å². The van der Waals surface area contributed by atoms with E-state index in [0.29, 0.717) is 11.0 Å². The largest absolute Gasteiger partial charge is 0.461 e. The maximum atomic E-state index is 12.8. The Morgan fingerprint density at radius 2 is 2.04 bits per heavy atom. The van der Waals surface area contributed by atoms with Crippen molar-refractivity contribution in [3.05, 3.63) is 29.8 Å². The number of carbonyl (C=O) groups is 3. The second kappa shape index (κ2) is 5.87. The number of oxime groups is 1. The van der Waals surface area contributed by atoms with Gasteiger partial charge in [-0.3, -0.25) is 9.59 Å². The minimum atomic E-state index is -4.63. The molecular formula is C15H11F3N2O5. The van der Waals surface area contributed by atoms with E-state index in [1.54, 1.807) is 6.92 Å². The highest BCUT2D eigenvalue weighted by Crippen LogP contribution is 2.36. The average molecular weight is 356 g/mol. The van der Waals surface area contributed by atoms with E-state index in [1.165, 1.54) is 6.07 Å². The predicted octanol–water partition coefficient (Wildman–Crippen LogP) is 1.51. The molecule has 10 heteroatoms. The topological polar surface area (TPSA) is 85.3 Å². The van der Waals surface area contributed by atoms with Crippen LogP contribution in [-0.2, 0) is 30.1 Å². The number of hydrogen-bond acceptors (Lipinski definition) is 6. The molecule has 0 aromatic heterocycles. The second-order valence-corrected chi connectivity index (χ2v) is 5.26. The van der Waals surface area contributed by atoms with Gasteiger partial charge in [-0.1, -0.05) is 11.2 Å². The normalized spacial score (nSPS) is 22.6. The van der Waals surface area contributed by atoms with Gasteiger partial charge in [-0.15, -0.1) is 0 Å². The van der Waals surface area contributed by atoms with Crippen LogP contribution in [-0.4, -0.2) is 36.2 Å². The summed E-state index contributed by atoms with van der Waals surface area (Å²) in [4.78, 5) is 42.1. The predicted molar refractivity (Wildman–Crippen MR) is 76.4 cm³/mol. The Morgan fingerprint density at radius 3 is 2.68 bits per heavy atom. The number of anilines is 1. The fourth-order valence-electron chi connectivity index (χ4n) is 2.63. The van der Waals surface area contributed by atoms with Crippen LogP contribution in [0.1, 0.15) is 12.5 Å². The molecule has 0 N–H and O–H groups in total. The van der Waals surface area contributed by atoms with Crippen molar-refractivity contribution in [3.8, 4) is 0 Å². The van der Waals surface area contributed by atoms with Gasteiger partial charge in [0.1, 0.15) is 5.92 Å². The second-order valence-electron chi connectivity index (χ2n) is 5.26. The standard InChI is InChI=1S/C15H11F3N2O5/c1-2-24-14(23)10-9-11(25-19-10)13(22)20(12(9)21)8-5-3-4-7(6-8)15(16,17)18/h3-6,9,11H,2H2,1H3/t9-,11-/m0/s1. The first-order valence-corrected chi connectivity index (χ1v) is 7.21. The van der Waals surface area contributed by atoms with Crippen LogP contribution in [0.3, 0.4) is 0 Å². The third-order valence-electron chi connectivity index (χ3n) is 3.73. The summed E-state index contributed by atoms with van der Waals surface area (Å²) in [5, 5.41) is 3.42. The summed E-state index contributed by atoms with van der Waals surface area (Å²) in [6.45, 7) is 1.57. The van der Waals surface area contributed by atoms with Crippen molar-refractivity contribution in [2.75, 3.05) is 11.5 Å². The number of amides is 2. The van der Waals surface area contributed by atoms with Crippen LogP contribution < -0.4 is 4.90 Å². The molecule has 0 radical (unpaired) electrons. The van der Waals surface area contributed by atoms with Crippen molar-refractivity contribution in [1.29, 1.82) is 0 Å². The number of ether oxygens (including phenoxy) is 1. The first-order chi connectivity index (χ1) is 11.8. The molecule has 2 aliphatic rings. The average Bonchev–Trinajstić information content (AvgIpc) is 3.08. The molecule has 3 rings (SSSR count). The highest BCUT2D eigenvalue weighted by molar-refractivity contribution is 6.46. The minimum Gasteiger partial charge on any atom is -0.461 e. The minimum absolute atomic E-state index is 0.0225. The lowest BCUT2D eigenvalue weighted by atomic mass is 10.00. The molecular weight excluding hydrogens is 345 g/mol. The lowest BCUT2D eigenvalue weighted by Crippen LogP contribution is -2.35. The Balaban J connectivity index is 1.94. The van der Waals surface area contributed by atoms with Gasteiger partial charge in [0, 0.05) is 0 Å². The lowest BCUT2D eigenvalue weighted by molar-refractivity contribution is -0.138. The molecule has 1 fully saturated rings. The molecule has 2 atom stereocenters. The van der Waals surface area contributed by atoms with E-state index in [4.69, 9.17) is 9.57 Å². The number of alkyl halides is 3. The Hall–Kier alpha value is -2.91. The molecule has 0 aliphatic carbocycles. The third kappa shape index (κ3) is 2.73. The van der Waals surface area contributed by atoms with Gasteiger partial charge in [-0.2, -0.15) is 13.2 Å². The molecule has 25 heavy (non-hydrogen) atoms. The number of halogens is 3. The number of fused-ring (bicyclic) bond motifs is 1. The summed E-state index contributed by atoms with van der Waals surface area (Å²) in [7, 11) is 0. The molecule has 0 spiro atoms. The molecule has 7 nitrogen and oxygen atoms in total. The van der Waals surface area contributed by atoms with Crippen molar-refractivity contribution >= 4 is 29.2 Å². The lowest BCUT2D eigenvalue weighted by Gasteiger charge is -2.17. The van der Waals surface area contributed by atoms with E-state index in [1.807, 2.05) is 0 Å². The van der Waals surface area contributed by atoms with Crippen LogP contribution in [0.4, 0.5) is 18.9 Å². The van der Waals surface area contributed by atoms with Gasteiger partial charge in [0.05, 0.1) is 17.9 Å². The molecule has 2 heterocycles. The third-order valence-corrected chi connectivity index (χ3v) is 3.73. The fourth-order valence-corrected chi connectivity index (χ4v) is 2.63. The molecule has 0 bridgehead atoms. The molecule has 0 unspecified atom stereocenters. The maximum absolute atomic E-state index is 12.8. The zero-order valence-electron chi connectivity index (χ0n) is 12.7. The number of hydrogen-bond donors (Lipinski definition) is 0. The van der Waals surface area contributed by atoms with E-state index in [-0.39, 0.29) is 18.0 Å². The summed E-state index contributed by atoms with van der Waals surface area (Å²) >= 11 is 0. The molecule has 1 aromatic rings. The smallest absolute Gasteiger partial charge is 0.416 e. The van der Waals surface area contributed by atoms with Crippen LogP contribution in [0.15, 0.2) is 29.4 Å². The van der Waals surface area contributed by atoms with E-state index >= 15 is 0 Å². The molecule has 1 aromatic carbocycles. The Kier molecular flexibility index (Phi) is 3.97. The molecule has 2 amide bonds. The van der Waals surface area contributed by atoms with E-state index in [0.717, 1.165) is 12.1 Å². The summed E-state index contributed by atoms with van der Waals surface area (Å²) < 4.78 is 43.3. The van der Waals surface area contributed by atoms with Gasteiger partial charge in [0.15, 0.2) is 5.71 Å². The Morgan fingerprint density at radius 1 is 1.32 bits per heavy atom. The van der Waals surface area contributed by atoms with Gasteiger partial charge in [-0.05, 0) is 25.1 Å². The number of esters is 1. The zero-order chi connectivity index (χ0) is 18.4. The quantitative estimate of drug-likeness (QED) is 0.605. The van der Waals surface area contributed by atoms with E-state index in [2.05, 4.69) is 5.16 Å².